The largest absolute Gasteiger partial charge is 0.497 e. The van der Waals surface area contributed by atoms with E-state index in [-0.39, 0.29) is 0 Å². The third-order valence-electron chi connectivity index (χ3n) is 6.30. The van der Waals surface area contributed by atoms with Gasteiger partial charge in [-0.1, -0.05) is 12.1 Å². The number of nitrogens with zero attached hydrogens (tertiary/aromatic N) is 5. The first kappa shape index (κ1) is 40.9. The summed E-state index contributed by atoms with van der Waals surface area (Å²) in [7, 11) is 3.91. The molecule has 21 heteroatoms. The van der Waals surface area contributed by atoms with Gasteiger partial charge in [0, 0.05) is 58.6 Å². The summed E-state index contributed by atoms with van der Waals surface area (Å²) < 4.78 is 103. The van der Waals surface area contributed by atoms with Crippen molar-refractivity contribution in [3.05, 3.63) is 47.5 Å². The van der Waals surface area contributed by atoms with Crippen LogP contribution in [0.1, 0.15) is 17.1 Å². The quantitative estimate of drug-likeness (QED) is 0.394. The maximum absolute atomic E-state index is 10.6. The third-order valence-corrected chi connectivity index (χ3v) is 6.30. The number of likely N-dealkylation sites (N-methyl/N-ethyl adjacent to an activating group) is 1. The summed E-state index contributed by atoms with van der Waals surface area (Å²) in [6, 6.07) is 8.38. The van der Waals surface area contributed by atoms with Crippen molar-refractivity contribution in [2.45, 2.75) is 44.7 Å². The van der Waals surface area contributed by atoms with Gasteiger partial charge in [0.05, 0.1) is 19.3 Å². The Morgan fingerprint density at radius 1 is 0.723 bits per heavy atom. The number of rotatable bonds is 5. The molecule has 0 saturated carbocycles. The average molecular weight is 698 g/mol. The SMILES string of the molecule is COc1ccc(CN2CCn3c(CN4CCN(C)CC4)cnc3C2)cc1.O=C(O)C(F)(F)F.O=C(O)C(F)(F)F.O=C(O)C(F)(F)F. The van der Waals surface area contributed by atoms with Gasteiger partial charge in [-0.25, -0.2) is 19.4 Å². The van der Waals surface area contributed by atoms with Gasteiger partial charge in [0.1, 0.15) is 11.6 Å². The molecule has 4 rings (SSSR count). The summed E-state index contributed by atoms with van der Waals surface area (Å²) in [6.45, 7) is 9.66. The molecule has 1 fully saturated rings. The fourth-order valence-corrected chi connectivity index (χ4v) is 3.86. The lowest BCUT2D eigenvalue weighted by Gasteiger charge is -2.33. The third kappa shape index (κ3) is 15.4. The van der Waals surface area contributed by atoms with Crippen LogP contribution in [0, 0.1) is 0 Å². The molecule has 2 aliphatic heterocycles. The van der Waals surface area contributed by atoms with E-state index in [9.17, 15) is 39.5 Å². The molecule has 2 aliphatic rings. The summed E-state index contributed by atoms with van der Waals surface area (Å²) in [5.41, 5.74) is 2.69. The van der Waals surface area contributed by atoms with Crippen molar-refractivity contribution in [3.8, 4) is 5.75 Å². The first-order chi connectivity index (χ1) is 21.5. The maximum Gasteiger partial charge on any atom is 0.490 e. The molecular formula is C26H32F9N5O7. The van der Waals surface area contributed by atoms with E-state index in [0.29, 0.717) is 0 Å². The lowest BCUT2D eigenvalue weighted by atomic mass is 10.2. The van der Waals surface area contributed by atoms with Crippen molar-refractivity contribution in [3.63, 3.8) is 0 Å². The summed E-state index contributed by atoms with van der Waals surface area (Å²) in [5.74, 6) is -6.15. The Balaban J connectivity index is 0.000000430. The summed E-state index contributed by atoms with van der Waals surface area (Å²) in [5, 5.41) is 21.4. The Bertz CT molecular complexity index is 1230. The second-order valence-corrected chi connectivity index (χ2v) is 9.86. The van der Waals surface area contributed by atoms with E-state index in [1.807, 2.05) is 12.1 Å². The molecule has 3 heterocycles. The average Bonchev–Trinajstić information content (AvgIpc) is 3.36. The van der Waals surface area contributed by atoms with Gasteiger partial charge in [0.15, 0.2) is 0 Å². The number of carboxylic acids is 3. The van der Waals surface area contributed by atoms with Gasteiger partial charge in [-0.2, -0.15) is 39.5 Å². The molecule has 3 N–H and O–H groups in total. The van der Waals surface area contributed by atoms with Gasteiger partial charge in [-0.3, -0.25) is 9.80 Å². The van der Waals surface area contributed by atoms with Crippen molar-refractivity contribution >= 4 is 17.9 Å². The molecule has 47 heavy (non-hydrogen) atoms. The van der Waals surface area contributed by atoms with E-state index in [0.717, 1.165) is 64.7 Å². The van der Waals surface area contributed by atoms with Crippen molar-refractivity contribution < 1.29 is 74.0 Å². The van der Waals surface area contributed by atoms with Crippen LogP contribution in [0.15, 0.2) is 30.5 Å². The molecule has 1 aromatic carbocycles. The predicted octanol–water partition coefficient (Wildman–Crippen LogP) is 3.55. The lowest BCUT2D eigenvalue weighted by molar-refractivity contribution is -0.193. The van der Waals surface area contributed by atoms with Gasteiger partial charge in [-0.05, 0) is 24.7 Å². The molecular weight excluding hydrogens is 665 g/mol. The zero-order chi connectivity index (χ0) is 36.2. The first-order valence-corrected chi connectivity index (χ1v) is 13.2. The number of aromatic nitrogens is 2. The summed E-state index contributed by atoms with van der Waals surface area (Å²) >= 11 is 0. The standard InChI is InChI=1S/C20H29N5O.3C2HF3O2/c1-22-7-9-23(10-8-22)15-18-13-21-20-16-24(11-12-25(18)20)14-17-3-5-19(26-2)6-4-17;3*3-2(4,5)1(6)7/h3-6,13H,7-12,14-16H2,1-2H3;3*(H,6,7). The zero-order valence-corrected chi connectivity index (χ0v) is 24.9. The number of benzene rings is 1. The highest BCUT2D eigenvalue weighted by atomic mass is 19.4. The van der Waals surface area contributed by atoms with Crippen molar-refractivity contribution in [2.24, 2.45) is 0 Å². The number of carbonyl (C=O) groups is 3. The normalized spacial score (nSPS) is 15.8. The summed E-state index contributed by atoms with van der Waals surface area (Å²) in [4.78, 5) is 38.8. The van der Waals surface area contributed by atoms with Gasteiger partial charge in [-0.15, -0.1) is 0 Å². The fraction of sp³-hybridized carbons (Fsp3) is 0.538. The van der Waals surface area contributed by atoms with Crippen LogP contribution in [0.25, 0.3) is 0 Å². The molecule has 0 atom stereocenters. The molecule has 1 saturated heterocycles. The Morgan fingerprint density at radius 2 is 1.15 bits per heavy atom. The number of imidazole rings is 1. The van der Waals surface area contributed by atoms with Crippen molar-refractivity contribution in [2.75, 3.05) is 46.9 Å². The number of hydrogen-bond acceptors (Lipinski definition) is 8. The van der Waals surface area contributed by atoms with Crippen LogP contribution in [0.3, 0.4) is 0 Å². The smallest absolute Gasteiger partial charge is 0.490 e. The second-order valence-electron chi connectivity index (χ2n) is 9.86. The Kier molecular flexibility index (Phi) is 15.4. The number of halogens is 9. The molecule has 2 aromatic rings. The highest BCUT2D eigenvalue weighted by molar-refractivity contribution is 5.73. The van der Waals surface area contributed by atoms with E-state index < -0.39 is 36.4 Å². The number of hydrogen-bond donors (Lipinski definition) is 3. The van der Waals surface area contributed by atoms with E-state index in [4.69, 9.17) is 39.4 Å². The zero-order valence-electron chi connectivity index (χ0n) is 24.9. The number of carboxylic acid groups (broad SMARTS) is 3. The Labute approximate surface area is 261 Å². The fourth-order valence-electron chi connectivity index (χ4n) is 3.86. The van der Waals surface area contributed by atoms with Crippen LogP contribution in [0.2, 0.25) is 0 Å². The minimum Gasteiger partial charge on any atom is -0.497 e. The maximum atomic E-state index is 10.6. The number of ether oxygens (including phenoxy) is 1. The van der Waals surface area contributed by atoms with Crippen LogP contribution < -0.4 is 4.74 Å². The van der Waals surface area contributed by atoms with Gasteiger partial charge in [0.25, 0.3) is 0 Å². The highest BCUT2D eigenvalue weighted by Gasteiger charge is 2.39. The van der Waals surface area contributed by atoms with E-state index in [1.54, 1.807) is 7.11 Å². The van der Waals surface area contributed by atoms with E-state index in [1.165, 1.54) is 17.1 Å². The molecule has 0 amide bonds. The van der Waals surface area contributed by atoms with Crippen LogP contribution in [-0.4, -0.2) is 123 Å². The monoisotopic (exact) mass is 697 g/mol. The molecule has 12 nitrogen and oxygen atoms in total. The van der Waals surface area contributed by atoms with Gasteiger partial charge in [0.2, 0.25) is 0 Å². The van der Waals surface area contributed by atoms with Crippen LogP contribution in [-0.2, 0) is 40.6 Å². The number of methoxy groups -OCH3 is 1. The van der Waals surface area contributed by atoms with Gasteiger partial charge < -0.3 is 29.5 Å². The van der Waals surface area contributed by atoms with Crippen molar-refractivity contribution in [1.29, 1.82) is 0 Å². The molecule has 0 bridgehead atoms. The molecule has 0 aliphatic carbocycles. The second kappa shape index (κ2) is 17.7. The number of piperazine rings is 1. The Morgan fingerprint density at radius 3 is 1.55 bits per heavy atom. The summed E-state index contributed by atoms with van der Waals surface area (Å²) in [6.07, 6.45) is -13.2. The molecule has 0 unspecified atom stereocenters. The Hall–Kier alpha value is -4.11. The lowest BCUT2D eigenvalue weighted by Crippen LogP contribution is -2.44. The number of alkyl halides is 9. The molecule has 266 valence electrons. The number of fused-ring (bicyclic) bond motifs is 1. The van der Waals surface area contributed by atoms with E-state index in [2.05, 4.69) is 44.6 Å². The van der Waals surface area contributed by atoms with Gasteiger partial charge >= 0.3 is 36.4 Å². The first-order valence-electron chi connectivity index (χ1n) is 13.2. The molecule has 1 aromatic heterocycles. The van der Waals surface area contributed by atoms with Crippen molar-refractivity contribution in [1.82, 2.24) is 24.3 Å². The molecule has 0 radical (unpaired) electrons. The topological polar surface area (TPSA) is 149 Å². The highest BCUT2D eigenvalue weighted by Crippen LogP contribution is 2.20. The predicted molar refractivity (Wildman–Crippen MR) is 143 cm³/mol. The van der Waals surface area contributed by atoms with Crippen LogP contribution >= 0.6 is 0 Å². The molecule has 0 spiro atoms. The van der Waals surface area contributed by atoms with Crippen LogP contribution in [0.5, 0.6) is 5.75 Å². The minimum absolute atomic E-state index is 0.913. The minimum atomic E-state index is -5.08. The number of aliphatic carboxylic acids is 3. The van der Waals surface area contributed by atoms with Crippen LogP contribution in [0.4, 0.5) is 39.5 Å². The van der Waals surface area contributed by atoms with E-state index >= 15 is 0 Å².